The Bertz CT molecular complexity index is 1140. The molecule has 1 aliphatic rings. The Hall–Kier alpha value is -3.33. The number of para-hydroxylation sites is 1. The minimum absolute atomic E-state index is 0.0675. The van der Waals surface area contributed by atoms with Crippen LogP contribution in [0.2, 0.25) is 0 Å². The first-order valence-corrected chi connectivity index (χ1v) is 11.7. The molecule has 0 aromatic heterocycles. The minimum Gasteiger partial charge on any atom is -0.497 e. The first-order chi connectivity index (χ1) is 15.3. The molecule has 3 rings (SSSR count). The van der Waals surface area contributed by atoms with Gasteiger partial charge in [-0.1, -0.05) is 25.1 Å². The fraction of sp³-hybridized carbons (Fsp3) is 0.304. The molecule has 0 radical (unpaired) electrons. The van der Waals surface area contributed by atoms with E-state index in [1.807, 2.05) is 25.1 Å². The quantitative estimate of drug-likeness (QED) is 0.620. The lowest BCUT2D eigenvalue weighted by Crippen LogP contribution is -2.41. The van der Waals surface area contributed by atoms with Gasteiger partial charge in [-0.3, -0.25) is 9.59 Å². The molecule has 2 aromatic rings. The first-order valence-electron chi connectivity index (χ1n) is 10.3. The largest absolute Gasteiger partial charge is 0.497 e. The van der Waals surface area contributed by atoms with Crippen LogP contribution in [0.1, 0.15) is 31.4 Å². The van der Waals surface area contributed by atoms with Gasteiger partial charge in [-0.15, -0.1) is 0 Å². The molecule has 170 valence electrons. The van der Waals surface area contributed by atoms with Crippen molar-refractivity contribution in [3.05, 3.63) is 65.2 Å². The van der Waals surface area contributed by atoms with Gasteiger partial charge in [0, 0.05) is 17.7 Å². The molecule has 9 heteroatoms. The number of ether oxygens (including phenoxy) is 2. The number of rotatable bonds is 9. The van der Waals surface area contributed by atoms with Crippen LogP contribution in [0.5, 0.6) is 11.5 Å². The van der Waals surface area contributed by atoms with E-state index in [0.29, 0.717) is 28.0 Å². The summed E-state index contributed by atoms with van der Waals surface area (Å²) < 4.78 is 37.7. The van der Waals surface area contributed by atoms with Gasteiger partial charge in [-0.25, -0.2) is 12.7 Å². The molecule has 0 fully saturated rings. The van der Waals surface area contributed by atoms with Crippen molar-refractivity contribution < 1.29 is 27.5 Å². The Morgan fingerprint density at radius 3 is 2.38 bits per heavy atom. The minimum atomic E-state index is -4.17. The van der Waals surface area contributed by atoms with Gasteiger partial charge in [0.2, 0.25) is 5.91 Å². The average molecular weight is 459 g/mol. The van der Waals surface area contributed by atoms with Crippen LogP contribution in [-0.2, 0) is 26.2 Å². The predicted molar refractivity (Wildman–Crippen MR) is 120 cm³/mol. The van der Waals surface area contributed by atoms with Crippen LogP contribution in [-0.4, -0.2) is 44.8 Å². The number of hydrogen-bond acceptors (Lipinski definition) is 6. The molecule has 1 N–H and O–H groups in total. The third kappa shape index (κ3) is 4.62. The van der Waals surface area contributed by atoms with Crippen molar-refractivity contribution in [3.8, 4) is 11.5 Å². The smallest absolute Gasteiger partial charge is 0.268 e. The van der Waals surface area contributed by atoms with E-state index in [-0.39, 0.29) is 23.4 Å². The second-order valence-corrected chi connectivity index (χ2v) is 8.82. The Labute approximate surface area is 187 Å². The van der Waals surface area contributed by atoms with Gasteiger partial charge in [0.25, 0.3) is 15.9 Å². The number of nitrogens with zero attached hydrogens (tertiary/aromatic N) is 1. The normalized spacial score (nSPS) is 15.1. The van der Waals surface area contributed by atoms with Crippen LogP contribution in [0.3, 0.4) is 0 Å². The fourth-order valence-corrected chi connectivity index (χ4v) is 5.30. The molecule has 2 amide bonds. The summed E-state index contributed by atoms with van der Waals surface area (Å²) in [6.07, 6.45) is 0.222. The lowest BCUT2D eigenvalue weighted by Gasteiger charge is -2.17. The summed E-state index contributed by atoms with van der Waals surface area (Å²) in [7, 11) is -2.66. The highest BCUT2D eigenvalue weighted by Crippen LogP contribution is 2.37. The lowest BCUT2D eigenvalue weighted by molar-refractivity contribution is -0.128. The van der Waals surface area contributed by atoms with E-state index in [9.17, 15) is 18.0 Å². The van der Waals surface area contributed by atoms with Crippen LogP contribution >= 0.6 is 0 Å². The zero-order chi connectivity index (χ0) is 23.3. The molecule has 0 atom stereocenters. The fourth-order valence-electron chi connectivity index (χ4n) is 3.48. The van der Waals surface area contributed by atoms with E-state index in [4.69, 9.17) is 9.47 Å². The van der Waals surface area contributed by atoms with Crippen molar-refractivity contribution in [1.82, 2.24) is 9.62 Å². The summed E-state index contributed by atoms with van der Waals surface area (Å²) in [5.41, 5.74) is 1.29. The second kappa shape index (κ2) is 9.86. The van der Waals surface area contributed by atoms with Gasteiger partial charge in [0.15, 0.2) is 0 Å². The number of methoxy groups -OCH3 is 1. The molecular weight excluding hydrogens is 432 g/mol. The van der Waals surface area contributed by atoms with Crippen LogP contribution in [0.4, 0.5) is 0 Å². The third-order valence-corrected chi connectivity index (χ3v) is 6.92. The van der Waals surface area contributed by atoms with Gasteiger partial charge in [-0.05, 0) is 49.2 Å². The van der Waals surface area contributed by atoms with Crippen molar-refractivity contribution in [3.63, 3.8) is 0 Å². The maximum Gasteiger partial charge on any atom is 0.268 e. The summed E-state index contributed by atoms with van der Waals surface area (Å²) in [5, 5.41) is 2.67. The Morgan fingerprint density at radius 2 is 1.75 bits per heavy atom. The number of carbonyl (C=O) groups is 2. The maximum absolute atomic E-state index is 13.2. The molecule has 0 unspecified atom stereocenters. The van der Waals surface area contributed by atoms with Crippen molar-refractivity contribution in [2.45, 2.75) is 26.8 Å². The molecular formula is C23H26N2O6S. The van der Waals surface area contributed by atoms with E-state index in [2.05, 4.69) is 5.32 Å². The summed E-state index contributed by atoms with van der Waals surface area (Å²) >= 11 is 0. The zero-order valence-corrected chi connectivity index (χ0v) is 19.1. The number of benzene rings is 2. The summed E-state index contributed by atoms with van der Waals surface area (Å²) in [5.74, 6) is -0.0579. The number of amides is 2. The number of nitrogens with one attached hydrogen (secondary N) is 1. The Kier molecular flexibility index (Phi) is 7.19. The number of hydrogen-bond donors (Lipinski definition) is 1. The van der Waals surface area contributed by atoms with Gasteiger partial charge in [-0.2, -0.15) is 0 Å². The topological polar surface area (TPSA) is 102 Å². The van der Waals surface area contributed by atoms with Crippen molar-refractivity contribution in [2.75, 3.05) is 20.3 Å². The highest BCUT2D eigenvalue weighted by molar-refractivity contribution is 7.99. The van der Waals surface area contributed by atoms with Crippen molar-refractivity contribution in [2.24, 2.45) is 0 Å². The molecule has 0 aliphatic carbocycles. The standard InChI is InChI=1S/C23H26N2O6S/c1-4-19-22(16-10-12-18(30-3)13-11-16)32(28,29)25(23(19)27)15-21(26)24-14-17-8-6-7-9-20(17)31-5-2/h6-13H,4-5,14-15H2,1-3H3,(H,24,26). The summed E-state index contributed by atoms with van der Waals surface area (Å²) in [6, 6.07) is 13.7. The zero-order valence-electron chi connectivity index (χ0n) is 18.3. The van der Waals surface area contributed by atoms with Crippen LogP contribution in [0.25, 0.3) is 4.91 Å². The van der Waals surface area contributed by atoms with Gasteiger partial charge in [0.05, 0.1) is 13.7 Å². The van der Waals surface area contributed by atoms with Crippen LogP contribution in [0.15, 0.2) is 54.1 Å². The second-order valence-electron chi connectivity index (χ2n) is 7.02. The Balaban J connectivity index is 1.78. The average Bonchev–Trinajstić information content (AvgIpc) is 2.98. The van der Waals surface area contributed by atoms with Gasteiger partial charge < -0.3 is 14.8 Å². The molecule has 1 heterocycles. The van der Waals surface area contributed by atoms with E-state index in [1.165, 1.54) is 7.11 Å². The van der Waals surface area contributed by atoms with Crippen molar-refractivity contribution >= 4 is 26.7 Å². The molecule has 2 aromatic carbocycles. The highest BCUT2D eigenvalue weighted by atomic mass is 32.2. The van der Waals surface area contributed by atoms with Crippen LogP contribution < -0.4 is 14.8 Å². The monoisotopic (exact) mass is 458 g/mol. The van der Waals surface area contributed by atoms with Gasteiger partial charge >= 0.3 is 0 Å². The van der Waals surface area contributed by atoms with Gasteiger partial charge in [0.1, 0.15) is 22.9 Å². The summed E-state index contributed by atoms with van der Waals surface area (Å²) in [6.45, 7) is 3.60. The number of sulfonamides is 1. The van der Waals surface area contributed by atoms with E-state index in [1.54, 1.807) is 37.3 Å². The lowest BCUT2D eigenvalue weighted by atomic mass is 10.1. The molecule has 32 heavy (non-hydrogen) atoms. The Morgan fingerprint density at radius 1 is 1.06 bits per heavy atom. The predicted octanol–water partition coefficient (Wildman–Crippen LogP) is 2.70. The molecule has 8 nitrogen and oxygen atoms in total. The molecule has 0 spiro atoms. The molecule has 0 saturated carbocycles. The molecule has 0 bridgehead atoms. The molecule has 0 saturated heterocycles. The maximum atomic E-state index is 13.2. The van der Waals surface area contributed by atoms with E-state index in [0.717, 1.165) is 5.56 Å². The highest BCUT2D eigenvalue weighted by Gasteiger charge is 2.44. The SMILES string of the molecule is CCOc1ccccc1CNC(=O)CN1C(=O)C(CC)=C(c2ccc(OC)cc2)S1(=O)=O. The van der Waals surface area contributed by atoms with E-state index >= 15 is 0 Å². The van der Waals surface area contributed by atoms with E-state index < -0.39 is 28.4 Å². The third-order valence-electron chi connectivity index (χ3n) is 5.05. The molecule has 1 aliphatic heterocycles. The summed E-state index contributed by atoms with van der Waals surface area (Å²) in [4.78, 5) is 25.4. The first kappa shape index (κ1) is 23.3. The van der Waals surface area contributed by atoms with Crippen molar-refractivity contribution in [1.29, 1.82) is 0 Å². The van der Waals surface area contributed by atoms with Crippen LogP contribution in [0, 0.1) is 0 Å². The number of carbonyl (C=O) groups excluding carboxylic acids is 2.